The van der Waals surface area contributed by atoms with Crippen molar-refractivity contribution in [1.82, 2.24) is 19.4 Å². The number of imidazole rings is 1. The summed E-state index contributed by atoms with van der Waals surface area (Å²) in [5, 5.41) is 0.307. The molecule has 6 rings (SSSR count). The molecule has 218 valence electrons. The molecule has 0 radical (unpaired) electrons. The zero-order chi connectivity index (χ0) is 29.2. The van der Waals surface area contributed by atoms with Gasteiger partial charge in [0.15, 0.2) is 0 Å². The summed E-state index contributed by atoms with van der Waals surface area (Å²) in [6, 6.07) is 14.8. The minimum atomic E-state index is -0.561. The van der Waals surface area contributed by atoms with E-state index in [-0.39, 0.29) is 19.3 Å². The van der Waals surface area contributed by atoms with Crippen molar-refractivity contribution in [2.45, 2.75) is 44.7 Å². The third-order valence-corrected chi connectivity index (χ3v) is 7.62. The lowest BCUT2D eigenvalue weighted by molar-refractivity contribution is -0.0592. The van der Waals surface area contributed by atoms with Crippen LogP contribution in [0.15, 0.2) is 54.6 Å². The third-order valence-electron chi connectivity index (χ3n) is 7.39. The first-order valence-corrected chi connectivity index (χ1v) is 13.9. The predicted octanol–water partition coefficient (Wildman–Crippen LogP) is 5.46. The zero-order valence-corrected chi connectivity index (χ0v) is 23.6. The average Bonchev–Trinajstić information content (AvgIpc) is 3.31. The molecule has 2 aliphatic rings. The van der Waals surface area contributed by atoms with Crippen molar-refractivity contribution in [2.24, 2.45) is 0 Å². The first-order chi connectivity index (χ1) is 20.4. The first-order valence-electron chi connectivity index (χ1n) is 13.6. The Morgan fingerprint density at radius 2 is 2.00 bits per heavy atom. The smallest absolute Gasteiger partial charge is 0.410 e. The summed E-state index contributed by atoms with van der Waals surface area (Å²) >= 11 is 5.82. The van der Waals surface area contributed by atoms with Gasteiger partial charge in [0.1, 0.15) is 24.4 Å². The average molecular weight is 595 g/mol. The summed E-state index contributed by atoms with van der Waals surface area (Å²) in [7, 11) is 1.34. The molecular formula is C30H28ClFN4O6. The maximum atomic E-state index is 14.1. The minimum Gasteiger partial charge on any atom is -0.473 e. The maximum Gasteiger partial charge on any atom is 0.410 e. The lowest BCUT2D eigenvalue weighted by atomic mass is 10.1. The number of esters is 1. The Kier molecular flexibility index (Phi) is 7.94. The van der Waals surface area contributed by atoms with Gasteiger partial charge in [0.2, 0.25) is 5.88 Å². The van der Waals surface area contributed by atoms with Crippen LogP contribution in [0.25, 0.3) is 11.0 Å². The third kappa shape index (κ3) is 5.88. The number of cyclic esters (lactones) is 1. The molecule has 2 atom stereocenters. The summed E-state index contributed by atoms with van der Waals surface area (Å²) < 4.78 is 38.1. The van der Waals surface area contributed by atoms with Gasteiger partial charge in [0, 0.05) is 36.2 Å². The van der Waals surface area contributed by atoms with E-state index < -0.39 is 24.0 Å². The van der Waals surface area contributed by atoms with Crippen LogP contribution in [0.4, 0.5) is 9.18 Å². The van der Waals surface area contributed by atoms with E-state index in [4.69, 9.17) is 35.5 Å². The molecule has 0 saturated carbocycles. The first kappa shape index (κ1) is 27.9. The maximum absolute atomic E-state index is 14.1. The van der Waals surface area contributed by atoms with Gasteiger partial charge >= 0.3 is 12.1 Å². The second kappa shape index (κ2) is 11.9. The number of halogens is 2. The van der Waals surface area contributed by atoms with Crippen LogP contribution in [0, 0.1) is 5.82 Å². The Hall–Kier alpha value is -4.22. The van der Waals surface area contributed by atoms with Gasteiger partial charge < -0.3 is 28.4 Å². The molecule has 2 aliphatic heterocycles. The number of nitrogens with zero attached hydrogens (tertiary/aromatic N) is 4. The number of rotatable bonds is 9. The Balaban J connectivity index is 1.14. The fourth-order valence-corrected chi connectivity index (χ4v) is 5.16. The summed E-state index contributed by atoms with van der Waals surface area (Å²) in [5.41, 5.74) is 2.79. The fraction of sp³-hybridized carbons (Fsp3) is 0.333. The van der Waals surface area contributed by atoms with Crippen molar-refractivity contribution in [3.8, 4) is 5.88 Å². The molecule has 4 aromatic rings. The number of carbonyl (C=O) groups excluding carboxylic acids is 2. The summed E-state index contributed by atoms with van der Waals surface area (Å²) in [6.45, 7) is 1.88. The van der Waals surface area contributed by atoms with Gasteiger partial charge in [-0.25, -0.2) is 23.9 Å². The molecule has 10 nitrogen and oxygen atoms in total. The molecule has 0 N–H and O–H groups in total. The van der Waals surface area contributed by atoms with Gasteiger partial charge in [-0.15, -0.1) is 0 Å². The van der Waals surface area contributed by atoms with Gasteiger partial charge in [0.25, 0.3) is 0 Å². The molecule has 0 spiro atoms. The molecule has 1 unspecified atom stereocenters. The molecule has 2 aromatic carbocycles. The highest BCUT2D eigenvalue weighted by Crippen LogP contribution is 2.29. The standard InChI is InChI=1S/C30H28ClFN4O6/c1-39-29(37)18-6-8-23-25(13-18)36(15-21-10-12-40-21)27(33-23)16-35-11-9-26(42-30(35)38)24-3-2-4-28(34-24)41-17-19-5-7-20(31)14-22(19)32/h2-8,13-14,21,26H,9-12,15-17H2,1H3/t21-,26?/m0/s1. The Labute approximate surface area is 245 Å². The van der Waals surface area contributed by atoms with Crippen LogP contribution in [-0.2, 0) is 33.9 Å². The van der Waals surface area contributed by atoms with Crippen LogP contribution in [-0.4, -0.2) is 57.9 Å². The topological polar surface area (TPSA) is 105 Å². The van der Waals surface area contributed by atoms with Crippen LogP contribution in [0.5, 0.6) is 5.88 Å². The summed E-state index contributed by atoms with van der Waals surface area (Å²) in [5.74, 6) is 0.0639. The number of benzene rings is 2. The molecule has 42 heavy (non-hydrogen) atoms. The van der Waals surface area contributed by atoms with Gasteiger partial charge in [-0.1, -0.05) is 23.7 Å². The predicted molar refractivity (Wildman–Crippen MR) is 150 cm³/mol. The second-order valence-electron chi connectivity index (χ2n) is 10.1. The number of amides is 1. The van der Waals surface area contributed by atoms with Crippen LogP contribution >= 0.6 is 11.6 Å². The fourth-order valence-electron chi connectivity index (χ4n) is 5.00. The van der Waals surface area contributed by atoms with E-state index in [1.54, 1.807) is 53.4 Å². The number of carbonyl (C=O) groups is 2. The van der Waals surface area contributed by atoms with Crippen molar-refractivity contribution < 1.29 is 32.9 Å². The minimum absolute atomic E-state index is 0.0221. The molecule has 2 saturated heterocycles. The Bertz CT molecular complexity index is 1640. The molecule has 0 bridgehead atoms. The molecule has 12 heteroatoms. The van der Waals surface area contributed by atoms with Crippen molar-refractivity contribution in [3.05, 3.63) is 88.1 Å². The SMILES string of the molecule is COC(=O)c1ccc2nc(CN3CCC(c4cccc(OCc5ccc(Cl)cc5F)n4)OC3=O)n(C[C@@H]3CCO3)c2c1. The molecule has 2 fully saturated rings. The Morgan fingerprint density at radius 3 is 2.74 bits per heavy atom. The highest BCUT2D eigenvalue weighted by molar-refractivity contribution is 6.30. The highest BCUT2D eigenvalue weighted by atomic mass is 35.5. The molecule has 0 aliphatic carbocycles. The van der Waals surface area contributed by atoms with E-state index in [1.807, 2.05) is 4.57 Å². The van der Waals surface area contributed by atoms with Crippen LogP contribution < -0.4 is 4.74 Å². The summed E-state index contributed by atoms with van der Waals surface area (Å²) in [4.78, 5) is 36.1. The number of aromatic nitrogens is 3. The Morgan fingerprint density at radius 1 is 1.14 bits per heavy atom. The van der Waals surface area contributed by atoms with Crippen LogP contribution in [0.2, 0.25) is 5.02 Å². The quantitative estimate of drug-likeness (QED) is 0.235. The van der Waals surface area contributed by atoms with Crippen molar-refractivity contribution in [3.63, 3.8) is 0 Å². The van der Waals surface area contributed by atoms with Gasteiger partial charge in [-0.3, -0.25) is 0 Å². The molecular weight excluding hydrogens is 567 g/mol. The van der Waals surface area contributed by atoms with Gasteiger partial charge in [-0.2, -0.15) is 0 Å². The zero-order valence-electron chi connectivity index (χ0n) is 22.8. The van der Waals surface area contributed by atoms with Crippen molar-refractivity contribution >= 4 is 34.7 Å². The molecule has 4 heterocycles. The molecule has 1 amide bonds. The van der Waals surface area contributed by atoms with E-state index >= 15 is 0 Å². The largest absolute Gasteiger partial charge is 0.473 e. The second-order valence-corrected chi connectivity index (χ2v) is 10.6. The monoisotopic (exact) mass is 594 g/mol. The number of fused-ring (bicyclic) bond motifs is 1. The van der Waals surface area contributed by atoms with Crippen LogP contribution in [0.3, 0.4) is 0 Å². The van der Waals surface area contributed by atoms with Gasteiger partial charge in [0.05, 0.1) is 48.6 Å². The number of hydrogen-bond donors (Lipinski definition) is 0. The molecule has 2 aromatic heterocycles. The van der Waals surface area contributed by atoms with E-state index in [1.165, 1.54) is 13.2 Å². The normalized spacial score (nSPS) is 18.5. The summed E-state index contributed by atoms with van der Waals surface area (Å²) in [6.07, 6.45) is 0.420. The van der Waals surface area contributed by atoms with E-state index in [0.717, 1.165) is 11.9 Å². The lowest BCUT2D eigenvalue weighted by Crippen LogP contribution is -2.40. The van der Waals surface area contributed by atoms with Gasteiger partial charge in [-0.05, 0) is 42.8 Å². The van der Waals surface area contributed by atoms with E-state index in [0.29, 0.717) is 65.2 Å². The number of methoxy groups -OCH3 is 1. The van der Waals surface area contributed by atoms with Crippen molar-refractivity contribution in [1.29, 1.82) is 0 Å². The van der Waals surface area contributed by atoms with Crippen molar-refractivity contribution in [2.75, 3.05) is 20.3 Å². The number of pyridine rings is 1. The number of ether oxygens (including phenoxy) is 4. The van der Waals surface area contributed by atoms with Crippen LogP contribution in [0.1, 0.15) is 46.4 Å². The lowest BCUT2D eigenvalue weighted by Gasteiger charge is -2.32. The van der Waals surface area contributed by atoms with E-state index in [2.05, 4.69) is 4.98 Å². The highest BCUT2D eigenvalue weighted by Gasteiger charge is 2.31. The van der Waals surface area contributed by atoms with E-state index in [9.17, 15) is 14.0 Å². The number of hydrogen-bond acceptors (Lipinski definition) is 8.